The van der Waals surface area contributed by atoms with Crippen molar-refractivity contribution in [2.75, 3.05) is 20.8 Å². The van der Waals surface area contributed by atoms with E-state index >= 15 is 0 Å². The zero-order valence-electron chi connectivity index (χ0n) is 18.4. The molecule has 0 aromatic heterocycles. The molecule has 1 aliphatic rings. The van der Waals surface area contributed by atoms with Gasteiger partial charge in [0.2, 0.25) is 10.0 Å². The van der Waals surface area contributed by atoms with Gasteiger partial charge in [0, 0.05) is 19.3 Å². The van der Waals surface area contributed by atoms with E-state index in [1.54, 1.807) is 14.2 Å². The molecular weight excluding hydrogens is 414 g/mol. The van der Waals surface area contributed by atoms with E-state index in [2.05, 4.69) is 0 Å². The number of nitrogens with two attached hydrogens (primary N) is 1. The van der Waals surface area contributed by atoms with Gasteiger partial charge < -0.3 is 14.2 Å². The molecule has 0 amide bonds. The van der Waals surface area contributed by atoms with Crippen molar-refractivity contribution in [2.24, 2.45) is 5.14 Å². The highest BCUT2D eigenvalue weighted by molar-refractivity contribution is 7.88. The fraction of sp³-hybridized carbons (Fsp3) is 0.500. The van der Waals surface area contributed by atoms with Crippen molar-refractivity contribution < 1.29 is 22.6 Å². The van der Waals surface area contributed by atoms with Crippen LogP contribution in [0, 0.1) is 0 Å². The molecule has 2 N–H and O–H groups in total. The van der Waals surface area contributed by atoms with Gasteiger partial charge in [0.25, 0.3) is 0 Å². The van der Waals surface area contributed by atoms with Gasteiger partial charge in [0.1, 0.15) is 17.6 Å². The third-order valence-electron chi connectivity index (χ3n) is 5.64. The topological polar surface area (TPSA) is 87.8 Å². The van der Waals surface area contributed by atoms with Crippen molar-refractivity contribution in [3.05, 3.63) is 47.5 Å². The fourth-order valence-corrected chi connectivity index (χ4v) is 4.83. The Morgan fingerprint density at radius 2 is 1.74 bits per heavy atom. The summed E-state index contributed by atoms with van der Waals surface area (Å²) in [5.74, 6) is 1.36. The highest BCUT2D eigenvalue weighted by atomic mass is 32.2. The number of sulfonamides is 1. The van der Waals surface area contributed by atoms with Crippen molar-refractivity contribution in [2.45, 2.75) is 56.8 Å². The van der Waals surface area contributed by atoms with E-state index in [1.807, 2.05) is 36.4 Å². The molecule has 2 aromatic carbocycles. The van der Waals surface area contributed by atoms with Crippen LogP contribution in [-0.2, 0) is 20.5 Å². The first-order valence-electron chi connectivity index (χ1n) is 10.9. The zero-order chi connectivity index (χ0) is 22.3. The standard InChI is InChI=1S/C24H33NO5S/c1-28-15-8-6-4-3-5-7-10-21-20-16-18(17-31(25,26)27)13-14-19(20)24-22(29-2)11-9-12-23(24)30-21/h9,11-14,16,21H,3-8,10,15,17H2,1-2H3,(H2,25,26,27). The fourth-order valence-electron chi connectivity index (χ4n) is 4.19. The predicted molar refractivity (Wildman–Crippen MR) is 123 cm³/mol. The molecule has 170 valence electrons. The quantitative estimate of drug-likeness (QED) is 0.465. The van der Waals surface area contributed by atoms with Crippen LogP contribution < -0.4 is 14.6 Å². The van der Waals surface area contributed by atoms with Gasteiger partial charge in [-0.1, -0.05) is 49.9 Å². The molecule has 31 heavy (non-hydrogen) atoms. The number of rotatable bonds is 12. The van der Waals surface area contributed by atoms with Gasteiger partial charge in [-0.15, -0.1) is 0 Å². The van der Waals surface area contributed by atoms with E-state index < -0.39 is 10.0 Å². The summed E-state index contributed by atoms with van der Waals surface area (Å²) in [4.78, 5) is 0. The average Bonchev–Trinajstić information content (AvgIpc) is 2.73. The minimum Gasteiger partial charge on any atom is -0.496 e. The second-order valence-electron chi connectivity index (χ2n) is 8.07. The molecule has 0 spiro atoms. The molecule has 3 rings (SSSR count). The van der Waals surface area contributed by atoms with Gasteiger partial charge in [0.15, 0.2) is 0 Å². The molecule has 0 aliphatic carbocycles. The molecule has 0 fully saturated rings. The summed E-state index contributed by atoms with van der Waals surface area (Å²) < 4.78 is 40.2. The maximum atomic E-state index is 11.6. The lowest BCUT2D eigenvalue weighted by Gasteiger charge is -2.30. The number of methoxy groups -OCH3 is 2. The molecule has 2 aromatic rings. The largest absolute Gasteiger partial charge is 0.496 e. The normalized spacial score (nSPS) is 15.1. The number of primary sulfonamides is 1. The van der Waals surface area contributed by atoms with E-state index in [0.717, 1.165) is 60.5 Å². The first-order chi connectivity index (χ1) is 14.9. The van der Waals surface area contributed by atoms with E-state index in [9.17, 15) is 8.42 Å². The average molecular weight is 448 g/mol. The lowest BCUT2D eigenvalue weighted by Crippen LogP contribution is -2.17. The van der Waals surface area contributed by atoms with Gasteiger partial charge in [-0.3, -0.25) is 0 Å². The van der Waals surface area contributed by atoms with Crippen molar-refractivity contribution in [3.8, 4) is 22.6 Å². The second kappa shape index (κ2) is 11.0. The molecule has 7 heteroatoms. The van der Waals surface area contributed by atoms with Gasteiger partial charge >= 0.3 is 0 Å². The van der Waals surface area contributed by atoms with Crippen LogP contribution in [0.25, 0.3) is 11.1 Å². The molecule has 1 atom stereocenters. The molecule has 0 bridgehead atoms. The Morgan fingerprint density at radius 1 is 1.00 bits per heavy atom. The van der Waals surface area contributed by atoms with Crippen LogP contribution >= 0.6 is 0 Å². The van der Waals surface area contributed by atoms with Gasteiger partial charge in [-0.05, 0) is 42.5 Å². The van der Waals surface area contributed by atoms with Crippen LogP contribution in [0.1, 0.15) is 62.2 Å². The third kappa shape index (κ3) is 6.45. The van der Waals surface area contributed by atoms with Crippen LogP contribution in [0.15, 0.2) is 36.4 Å². The molecule has 1 heterocycles. The molecule has 1 aliphatic heterocycles. The first-order valence-corrected chi connectivity index (χ1v) is 12.6. The maximum Gasteiger partial charge on any atom is 0.213 e. The van der Waals surface area contributed by atoms with E-state index in [1.165, 1.54) is 19.3 Å². The summed E-state index contributed by atoms with van der Waals surface area (Å²) in [5, 5.41) is 5.27. The number of unbranched alkanes of at least 4 members (excludes halogenated alkanes) is 5. The molecule has 0 saturated carbocycles. The molecule has 0 saturated heterocycles. The van der Waals surface area contributed by atoms with E-state index in [-0.39, 0.29) is 11.9 Å². The summed E-state index contributed by atoms with van der Waals surface area (Å²) >= 11 is 0. The first kappa shape index (κ1) is 23.6. The van der Waals surface area contributed by atoms with Crippen molar-refractivity contribution >= 4 is 10.0 Å². The Labute approximate surface area is 185 Å². The predicted octanol–water partition coefficient (Wildman–Crippen LogP) is 4.96. The van der Waals surface area contributed by atoms with Crippen molar-refractivity contribution in [3.63, 3.8) is 0 Å². The summed E-state index contributed by atoms with van der Waals surface area (Å²) in [6.07, 6.45) is 7.66. The monoisotopic (exact) mass is 447 g/mol. The summed E-state index contributed by atoms with van der Waals surface area (Å²) in [6, 6.07) is 11.5. The SMILES string of the molecule is COCCCCCCCCC1Oc2cccc(OC)c2-c2ccc(CS(N)(=O)=O)cc21. The number of ether oxygens (including phenoxy) is 3. The summed E-state index contributed by atoms with van der Waals surface area (Å²) in [5.41, 5.74) is 3.61. The van der Waals surface area contributed by atoms with Gasteiger partial charge in [-0.2, -0.15) is 0 Å². The molecule has 0 radical (unpaired) electrons. The molecule has 1 unspecified atom stereocenters. The second-order valence-corrected chi connectivity index (χ2v) is 9.69. The Balaban J connectivity index is 1.76. The van der Waals surface area contributed by atoms with Crippen LogP contribution in [0.2, 0.25) is 0 Å². The zero-order valence-corrected chi connectivity index (χ0v) is 19.2. The van der Waals surface area contributed by atoms with Crippen LogP contribution in [0.5, 0.6) is 11.5 Å². The molecular formula is C24H33NO5S. The smallest absolute Gasteiger partial charge is 0.213 e. The lowest BCUT2D eigenvalue weighted by atomic mass is 9.89. The summed E-state index contributed by atoms with van der Waals surface area (Å²) in [6.45, 7) is 0.830. The van der Waals surface area contributed by atoms with Crippen LogP contribution in [-0.4, -0.2) is 29.2 Å². The Hall–Kier alpha value is -2.09. The highest BCUT2D eigenvalue weighted by Crippen LogP contribution is 2.48. The van der Waals surface area contributed by atoms with Crippen LogP contribution in [0.4, 0.5) is 0 Å². The Kier molecular flexibility index (Phi) is 8.35. The van der Waals surface area contributed by atoms with Crippen molar-refractivity contribution in [1.29, 1.82) is 0 Å². The lowest BCUT2D eigenvalue weighted by molar-refractivity contribution is 0.185. The Bertz CT molecular complexity index is 974. The van der Waals surface area contributed by atoms with Crippen molar-refractivity contribution in [1.82, 2.24) is 0 Å². The van der Waals surface area contributed by atoms with E-state index in [0.29, 0.717) is 5.56 Å². The number of hydrogen-bond acceptors (Lipinski definition) is 5. The highest BCUT2D eigenvalue weighted by Gasteiger charge is 2.28. The third-order valence-corrected chi connectivity index (χ3v) is 6.38. The molecule has 6 nitrogen and oxygen atoms in total. The minimum atomic E-state index is -3.60. The van der Waals surface area contributed by atoms with Gasteiger partial charge in [0.05, 0.1) is 18.4 Å². The maximum absolute atomic E-state index is 11.6. The number of fused-ring (bicyclic) bond motifs is 3. The van der Waals surface area contributed by atoms with Crippen LogP contribution in [0.3, 0.4) is 0 Å². The number of benzene rings is 2. The summed E-state index contributed by atoms with van der Waals surface area (Å²) in [7, 11) is -0.221. The minimum absolute atomic E-state index is 0.122. The van der Waals surface area contributed by atoms with E-state index in [4.69, 9.17) is 19.3 Å². The van der Waals surface area contributed by atoms with Gasteiger partial charge in [-0.25, -0.2) is 13.6 Å². The Morgan fingerprint density at radius 3 is 2.45 bits per heavy atom. The number of hydrogen-bond donors (Lipinski definition) is 1.